The van der Waals surface area contributed by atoms with Gasteiger partial charge in [-0.25, -0.2) is 0 Å². The van der Waals surface area contributed by atoms with E-state index in [1.165, 1.54) is 16.7 Å². The lowest BCUT2D eigenvalue weighted by Gasteiger charge is -2.32. The lowest BCUT2D eigenvalue weighted by molar-refractivity contribution is -0.149. The largest absolute Gasteiger partial charge is 0.480 e. The van der Waals surface area contributed by atoms with Crippen LogP contribution in [0.4, 0.5) is 0 Å². The van der Waals surface area contributed by atoms with Crippen LogP contribution in [0.3, 0.4) is 0 Å². The smallest absolute Gasteiger partial charge is 0.323 e. The molecule has 0 atom stereocenters. The first-order valence-corrected chi connectivity index (χ1v) is 4.26. The molecule has 0 radical (unpaired) electrons. The summed E-state index contributed by atoms with van der Waals surface area (Å²) in [7, 11) is 0. The van der Waals surface area contributed by atoms with Crippen molar-refractivity contribution in [3.8, 4) is 0 Å². The van der Waals surface area contributed by atoms with Crippen LogP contribution in [0, 0.1) is 0 Å². The molecule has 1 saturated heterocycles. The van der Waals surface area contributed by atoms with Gasteiger partial charge in [0.05, 0.1) is 6.54 Å². The molecule has 1 fully saturated rings. The quantitative estimate of drug-likeness (QED) is 0.605. The number of carboxylic acid groups (broad SMARTS) is 1. The van der Waals surface area contributed by atoms with Crippen LogP contribution in [0.1, 0.15) is 6.92 Å². The third-order valence-electron chi connectivity index (χ3n) is 2.09. The Labute approximate surface area is 81.1 Å². The Morgan fingerprint density at radius 1 is 1.43 bits per heavy atom. The van der Waals surface area contributed by atoms with Gasteiger partial charge in [-0.2, -0.15) is 0 Å². The zero-order valence-electron chi connectivity index (χ0n) is 7.89. The molecule has 1 N–H and O–H groups in total. The molecular formula is C8H12N2O4. The first-order valence-electron chi connectivity index (χ1n) is 4.26. The molecule has 1 rings (SSSR count). The number of piperazine rings is 1. The van der Waals surface area contributed by atoms with E-state index in [0.717, 1.165) is 0 Å². The molecule has 0 aliphatic carbocycles. The third-order valence-corrected chi connectivity index (χ3v) is 2.09. The summed E-state index contributed by atoms with van der Waals surface area (Å²) in [5.41, 5.74) is 0. The Morgan fingerprint density at radius 3 is 2.50 bits per heavy atom. The molecule has 78 valence electrons. The second-order valence-electron chi connectivity index (χ2n) is 3.15. The predicted octanol–water partition coefficient (Wildman–Crippen LogP) is -1.24. The number of amides is 2. The van der Waals surface area contributed by atoms with Crippen LogP contribution < -0.4 is 0 Å². The summed E-state index contributed by atoms with van der Waals surface area (Å²) in [5.74, 6) is -1.50. The van der Waals surface area contributed by atoms with Gasteiger partial charge in [0.2, 0.25) is 11.8 Å². The highest BCUT2D eigenvalue weighted by Crippen LogP contribution is 2.02. The Balaban J connectivity index is 2.52. The minimum absolute atomic E-state index is 0.0113. The van der Waals surface area contributed by atoms with Gasteiger partial charge in [0.15, 0.2) is 0 Å². The van der Waals surface area contributed by atoms with E-state index in [4.69, 9.17) is 5.11 Å². The molecule has 0 spiro atoms. The van der Waals surface area contributed by atoms with Crippen molar-refractivity contribution in [2.24, 2.45) is 0 Å². The van der Waals surface area contributed by atoms with Gasteiger partial charge in [-0.1, -0.05) is 0 Å². The lowest BCUT2D eigenvalue weighted by atomic mass is 10.3. The maximum atomic E-state index is 11.3. The van der Waals surface area contributed by atoms with Gasteiger partial charge < -0.3 is 14.9 Å². The third kappa shape index (κ3) is 2.45. The zero-order valence-corrected chi connectivity index (χ0v) is 7.89. The second kappa shape index (κ2) is 4.08. The molecule has 0 bridgehead atoms. The van der Waals surface area contributed by atoms with Crippen molar-refractivity contribution in [3.63, 3.8) is 0 Å². The molecule has 2 amide bonds. The van der Waals surface area contributed by atoms with E-state index in [9.17, 15) is 14.4 Å². The molecule has 0 saturated carbocycles. The maximum absolute atomic E-state index is 11.3. The Kier molecular flexibility index (Phi) is 3.06. The van der Waals surface area contributed by atoms with E-state index in [0.29, 0.717) is 13.1 Å². The van der Waals surface area contributed by atoms with Crippen molar-refractivity contribution in [1.82, 2.24) is 9.80 Å². The fraction of sp³-hybridized carbons (Fsp3) is 0.625. The van der Waals surface area contributed by atoms with Gasteiger partial charge in [0, 0.05) is 20.0 Å². The van der Waals surface area contributed by atoms with Crippen LogP contribution in [0.5, 0.6) is 0 Å². The number of aliphatic carboxylic acids is 1. The lowest BCUT2D eigenvalue weighted by Crippen LogP contribution is -2.52. The molecule has 1 aliphatic rings. The van der Waals surface area contributed by atoms with E-state index in [-0.39, 0.29) is 24.9 Å². The van der Waals surface area contributed by atoms with Crippen LogP contribution in [-0.4, -0.2) is 58.9 Å². The van der Waals surface area contributed by atoms with Crippen LogP contribution in [0.25, 0.3) is 0 Å². The maximum Gasteiger partial charge on any atom is 0.323 e. The molecule has 0 aromatic carbocycles. The van der Waals surface area contributed by atoms with E-state index in [2.05, 4.69) is 0 Å². The summed E-state index contributed by atoms with van der Waals surface area (Å²) >= 11 is 0. The van der Waals surface area contributed by atoms with Crippen LogP contribution in [-0.2, 0) is 14.4 Å². The highest BCUT2D eigenvalue weighted by atomic mass is 16.4. The Hall–Kier alpha value is -1.59. The number of nitrogens with zero attached hydrogens (tertiary/aromatic N) is 2. The molecule has 0 aromatic rings. The Bertz CT molecular complexity index is 277. The van der Waals surface area contributed by atoms with Crippen LogP contribution >= 0.6 is 0 Å². The second-order valence-corrected chi connectivity index (χ2v) is 3.15. The predicted molar refractivity (Wildman–Crippen MR) is 46.5 cm³/mol. The molecule has 1 heterocycles. The monoisotopic (exact) mass is 200 g/mol. The molecule has 6 heteroatoms. The zero-order chi connectivity index (χ0) is 10.7. The van der Waals surface area contributed by atoms with Crippen molar-refractivity contribution in [3.05, 3.63) is 0 Å². The van der Waals surface area contributed by atoms with Crippen molar-refractivity contribution < 1.29 is 19.5 Å². The molecule has 0 aromatic heterocycles. The summed E-state index contributed by atoms with van der Waals surface area (Å²) in [6, 6.07) is 0. The summed E-state index contributed by atoms with van der Waals surface area (Å²) in [4.78, 5) is 35.2. The van der Waals surface area contributed by atoms with Gasteiger partial charge in [0.1, 0.15) is 6.54 Å². The van der Waals surface area contributed by atoms with Crippen LogP contribution in [0.2, 0.25) is 0 Å². The van der Waals surface area contributed by atoms with E-state index in [1.54, 1.807) is 0 Å². The van der Waals surface area contributed by atoms with E-state index >= 15 is 0 Å². The number of carbonyl (C=O) groups is 3. The molecule has 0 unspecified atom stereocenters. The highest BCUT2D eigenvalue weighted by Gasteiger charge is 2.26. The minimum atomic E-state index is -1.03. The Morgan fingerprint density at radius 2 is 2.07 bits per heavy atom. The number of carboxylic acids is 1. The molecule has 1 aliphatic heterocycles. The first-order chi connectivity index (χ1) is 6.50. The summed E-state index contributed by atoms with van der Waals surface area (Å²) in [5, 5.41) is 8.48. The SMILES string of the molecule is CC(=O)N1CCN(CC(=O)O)C(=O)C1. The summed E-state index contributed by atoms with van der Waals surface area (Å²) in [6.45, 7) is 1.80. The molecular weight excluding hydrogens is 188 g/mol. The van der Waals surface area contributed by atoms with Crippen molar-refractivity contribution in [2.75, 3.05) is 26.2 Å². The topological polar surface area (TPSA) is 77.9 Å². The van der Waals surface area contributed by atoms with Crippen molar-refractivity contribution >= 4 is 17.8 Å². The van der Waals surface area contributed by atoms with Crippen molar-refractivity contribution in [1.29, 1.82) is 0 Å². The van der Waals surface area contributed by atoms with E-state index in [1.807, 2.05) is 0 Å². The van der Waals surface area contributed by atoms with Crippen molar-refractivity contribution in [2.45, 2.75) is 6.92 Å². The van der Waals surface area contributed by atoms with Gasteiger partial charge in [-0.05, 0) is 0 Å². The minimum Gasteiger partial charge on any atom is -0.480 e. The number of carbonyl (C=O) groups excluding carboxylic acids is 2. The average molecular weight is 200 g/mol. The standard InChI is InChI=1S/C8H12N2O4/c1-6(11)9-2-3-10(5-8(13)14)7(12)4-9/h2-5H2,1H3,(H,13,14). The number of rotatable bonds is 2. The first kappa shape index (κ1) is 10.5. The van der Waals surface area contributed by atoms with Gasteiger partial charge in [-0.3, -0.25) is 14.4 Å². The average Bonchev–Trinajstić information content (AvgIpc) is 2.07. The van der Waals surface area contributed by atoms with Gasteiger partial charge >= 0.3 is 5.97 Å². The number of hydrogen-bond donors (Lipinski definition) is 1. The van der Waals surface area contributed by atoms with Gasteiger partial charge in [0.25, 0.3) is 0 Å². The van der Waals surface area contributed by atoms with Gasteiger partial charge in [-0.15, -0.1) is 0 Å². The fourth-order valence-electron chi connectivity index (χ4n) is 1.31. The summed E-state index contributed by atoms with van der Waals surface area (Å²) in [6.07, 6.45) is 0. The fourth-order valence-corrected chi connectivity index (χ4v) is 1.31. The molecule has 6 nitrogen and oxygen atoms in total. The van der Waals surface area contributed by atoms with E-state index < -0.39 is 5.97 Å². The number of hydrogen-bond acceptors (Lipinski definition) is 3. The highest BCUT2D eigenvalue weighted by molar-refractivity contribution is 5.87. The van der Waals surface area contributed by atoms with Crippen LogP contribution in [0.15, 0.2) is 0 Å². The summed E-state index contributed by atoms with van der Waals surface area (Å²) < 4.78 is 0. The molecule has 14 heavy (non-hydrogen) atoms. The normalized spacial score (nSPS) is 17.1.